The van der Waals surface area contributed by atoms with Crippen molar-refractivity contribution in [3.05, 3.63) is 60.2 Å². The molecule has 1 unspecified atom stereocenters. The molecular weight excluding hydrogens is 451 g/mol. The highest BCUT2D eigenvalue weighted by atomic mass is 127. The van der Waals surface area contributed by atoms with Gasteiger partial charge >= 0.3 is 0 Å². The van der Waals surface area contributed by atoms with Gasteiger partial charge in [0.15, 0.2) is 5.96 Å². The summed E-state index contributed by atoms with van der Waals surface area (Å²) >= 11 is 0. The van der Waals surface area contributed by atoms with Crippen molar-refractivity contribution in [2.75, 3.05) is 13.1 Å². The van der Waals surface area contributed by atoms with Crippen LogP contribution in [-0.2, 0) is 12.8 Å². The Balaban J connectivity index is 0.00000261. The van der Waals surface area contributed by atoms with Crippen LogP contribution in [0.15, 0.2) is 58.3 Å². The van der Waals surface area contributed by atoms with E-state index in [9.17, 15) is 0 Å². The fourth-order valence-corrected chi connectivity index (χ4v) is 2.87. The number of benzene rings is 1. The molecule has 6 heteroatoms. The third-order valence-corrected chi connectivity index (χ3v) is 4.57. The third-order valence-electron chi connectivity index (χ3n) is 4.57. The number of hydrogen-bond acceptors (Lipinski definition) is 2. The van der Waals surface area contributed by atoms with Crippen molar-refractivity contribution in [3.63, 3.8) is 0 Å². The van der Waals surface area contributed by atoms with Crippen LogP contribution in [0.25, 0.3) is 10.9 Å². The molecule has 27 heavy (non-hydrogen) atoms. The highest BCUT2D eigenvalue weighted by Gasteiger charge is 2.06. The number of nitrogens with one attached hydrogen (secondary N) is 3. The second-order valence-electron chi connectivity index (χ2n) is 6.55. The smallest absolute Gasteiger partial charge is 0.191 e. The Kier molecular flexibility index (Phi) is 8.71. The van der Waals surface area contributed by atoms with E-state index in [1.54, 1.807) is 6.26 Å². The summed E-state index contributed by atoms with van der Waals surface area (Å²) in [5.74, 6) is 1.83. The Labute approximate surface area is 178 Å². The van der Waals surface area contributed by atoms with Gasteiger partial charge in [0.25, 0.3) is 0 Å². The maximum absolute atomic E-state index is 5.38. The predicted molar refractivity (Wildman–Crippen MR) is 123 cm³/mol. The monoisotopic (exact) mass is 480 g/mol. The first kappa shape index (κ1) is 21.3. The maximum atomic E-state index is 5.38. The van der Waals surface area contributed by atoms with Gasteiger partial charge < -0.3 is 20.0 Å². The quantitative estimate of drug-likeness (QED) is 0.253. The van der Waals surface area contributed by atoms with Crippen molar-refractivity contribution < 1.29 is 4.42 Å². The van der Waals surface area contributed by atoms with Crippen LogP contribution in [0, 0.1) is 0 Å². The highest BCUT2D eigenvalue weighted by Crippen LogP contribution is 2.17. The third kappa shape index (κ3) is 6.30. The first-order valence-corrected chi connectivity index (χ1v) is 9.38. The lowest BCUT2D eigenvalue weighted by atomic mass is 10.1. The van der Waals surface area contributed by atoms with Crippen LogP contribution in [0.2, 0.25) is 0 Å². The molecule has 2 heterocycles. The molecule has 3 N–H and O–H groups in total. The summed E-state index contributed by atoms with van der Waals surface area (Å²) in [6.07, 6.45) is 6.62. The van der Waals surface area contributed by atoms with Gasteiger partial charge in [-0.3, -0.25) is 4.99 Å². The number of hydrogen-bond donors (Lipinski definition) is 3. The Hall–Kier alpha value is -1.96. The van der Waals surface area contributed by atoms with Gasteiger partial charge in [-0.25, -0.2) is 0 Å². The maximum Gasteiger partial charge on any atom is 0.191 e. The summed E-state index contributed by atoms with van der Waals surface area (Å²) in [6, 6.07) is 12.7. The van der Waals surface area contributed by atoms with Gasteiger partial charge in [-0.15, -0.1) is 24.0 Å². The molecule has 3 aromatic rings. The van der Waals surface area contributed by atoms with E-state index in [4.69, 9.17) is 9.41 Å². The van der Waals surface area contributed by atoms with Crippen molar-refractivity contribution >= 4 is 40.8 Å². The number of nitrogens with zero attached hydrogens (tertiary/aromatic N) is 1. The van der Waals surface area contributed by atoms with E-state index in [1.807, 2.05) is 12.1 Å². The largest absolute Gasteiger partial charge is 0.469 e. The molecule has 146 valence electrons. The number of aliphatic imine (C=N–C) groups is 1. The first-order chi connectivity index (χ1) is 12.8. The molecule has 0 amide bonds. The van der Waals surface area contributed by atoms with Gasteiger partial charge in [-0.1, -0.05) is 25.1 Å². The van der Waals surface area contributed by atoms with Gasteiger partial charge in [-0.2, -0.15) is 0 Å². The molecule has 0 saturated carbocycles. The molecule has 0 spiro atoms. The Morgan fingerprint density at radius 3 is 2.81 bits per heavy atom. The van der Waals surface area contributed by atoms with Crippen LogP contribution in [0.1, 0.15) is 31.6 Å². The number of guanidine groups is 1. The summed E-state index contributed by atoms with van der Waals surface area (Å²) < 4.78 is 5.38. The minimum Gasteiger partial charge on any atom is -0.469 e. The average Bonchev–Trinajstić information content (AvgIpc) is 3.31. The zero-order chi connectivity index (χ0) is 18.2. The molecular formula is C21H29IN4O. The molecule has 0 bridgehead atoms. The lowest BCUT2D eigenvalue weighted by Crippen LogP contribution is -2.43. The number of aromatic amines is 1. The van der Waals surface area contributed by atoms with Gasteiger partial charge in [-0.05, 0) is 43.5 Å². The average molecular weight is 480 g/mol. The summed E-state index contributed by atoms with van der Waals surface area (Å²) in [5.41, 5.74) is 2.51. The van der Waals surface area contributed by atoms with E-state index in [2.05, 4.69) is 59.9 Å². The molecule has 0 aliphatic carbocycles. The summed E-state index contributed by atoms with van der Waals surface area (Å²) in [4.78, 5) is 8.03. The number of halogens is 1. The fraction of sp³-hybridized carbons (Fsp3) is 0.381. The van der Waals surface area contributed by atoms with Crippen molar-refractivity contribution in [2.45, 2.75) is 39.2 Å². The molecule has 0 radical (unpaired) electrons. The number of aromatic nitrogens is 1. The minimum atomic E-state index is 0. The number of furan rings is 1. The van der Waals surface area contributed by atoms with Crippen LogP contribution in [0.4, 0.5) is 0 Å². The van der Waals surface area contributed by atoms with Crippen LogP contribution in [0.5, 0.6) is 0 Å². The van der Waals surface area contributed by atoms with Gasteiger partial charge in [0.2, 0.25) is 0 Å². The molecule has 0 aliphatic heterocycles. The molecule has 5 nitrogen and oxygen atoms in total. The Bertz CT molecular complexity index is 826. The van der Waals surface area contributed by atoms with Gasteiger partial charge in [0.05, 0.1) is 6.26 Å². The highest BCUT2D eigenvalue weighted by molar-refractivity contribution is 14.0. The van der Waals surface area contributed by atoms with E-state index in [1.165, 1.54) is 16.5 Å². The standard InChI is InChI=1S/C21H28N4O.HI/c1-3-16(2)25-21(23-13-11-18-7-6-14-26-18)22-12-10-17-15-24-20-9-5-4-8-19(17)20;/h4-9,14-16,24H,3,10-13H2,1-2H3,(H2,22,23,25);1H. The van der Waals surface area contributed by atoms with Crippen molar-refractivity contribution in [2.24, 2.45) is 4.99 Å². The summed E-state index contributed by atoms with van der Waals surface area (Å²) in [7, 11) is 0. The van der Waals surface area contributed by atoms with Crippen LogP contribution in [0.3, 0.4) is 0 Å². The topological polar surface area (TPSA) is 65.3 Å². The van der Waals surface area contributed by atoms with Gasteiger partial charge in [0, 0.05) is 42.7 Å². The first-order valence-electron chi connectivity index (χ1n) is 9.38. The number of H-pyrrole nitrogens is 1. The van der Waals surface area contributed by atoms with Crippen LogP contribution >= 0.6 is 24.0 Å². The number of fused-ring (bicyclic) bond motifs is 1. The molecule has 0 fully saturated rings. The minimum absolute atomic E-state index is 0. The molecule has 1 atom stereocenters. The predicted octanol–water partition coefficient (Wildman–Crippen LogP) is 4.50. The molecule has 2 aromatic heterocycles. The van der Waals surface area contributed by atoms with E-state index < -0.39 is 0 Å². The van der Waals surface area contributed by atoms with Crippen LogP contribution < -0.4 is 10.6 Å². The van der Waals surface area contributed by atoms with Crippen molar-refractivity contribution in [1.82, 2.24) is 15.6 Å². The van der Waals surface area contributed by atoms with Crippen LogP contribution in [-0.4, -0.2) is 30.1 Å². The molecule has 3 rings (SSSR count). The van der Waals surface area contributed by atoms with E-state index >= 15 is 0 Å². The summed E-state index contributed by atoms with van der Waals surface area (Å²) in [6.45, 7) is 5.88. The van der Waals surface area contributed by atoms with Crippen molar-refractivity contribution in [1.29, 1.82) is 0 Å². The normalized spacial score (nSPS) is 12.6. The molecule has 0 aliphatic rings. The Morgan fingerprint density at radius 2 is 2.04 bits per heavy atom. The number of rotatable bonds is 8. The SMILES string of the molecule is CCC(C)NC(=NCCc1ccco1)NCCc1c[nH]c2ccccc12.I. The van der Waals surface area contributed by atoms with Gasteiger partial charge in [0.1, 0.15) is 5.76 Å². The molecule has 0 saturated heterocycles. The number of para-hydroxylation sites is 1. The van der Waals surface area contributed by atoms with E-state index in [-0.39, 0.29) is 24.0 Å². The second kappa shape index (κ2) is 11.0. The van der Waals surface area contributed by atoms with E-state index in [0.29, 0.717) is 12.6 Å². The second-order valence-corrected chi connectivity index (χ2v) is 6.55. The summed E-state index contributed by atoms with van der Waals surface area (Å²) in [5, 5.41) is 8.22. The zero-order valence-electron chi connectivity index (χ0n) is 16.0. The lowest BCUT2D eigenvalue weighted by molar-refractivity contribution is 0.510. The van der Waals surface area contributed by atoms with Crippen molar-refractivity contribution in [3.8, 4) is 0 Å². The zero-order valence-corrected chi connectivity index (χ0v) is 18.3. The van der Waals surface area contributed by atoms with E-state index in [0.717, 1.165) is 37.5 Å². The Morgan fingerprint density at radius 1 is 1.19 bits per heavy atom. The molecule has 1 aromatic carbocycles. The lowest BCUT2D eigenvalue weighted by Gasteiger charge is -2.17. The fourth-order valence-electron chi connectivity index (χ4n) is 2.87.